The number of amides is 2. The third kappa shape index (κ3) is 3.53. The summed E-state index contributed by atoms with van der Waals surface area (Å²) in [5.41, 5.74) is -0.677. The van der Waals surface area contributed by atoms with Gasteiger partial charge in [0.1, 0.15) is 5.75 Å². The number of carbonyl (C=O) groups excluding carboxylic acids is 2. The number of carbonyl (C=O) groups is 2. The van der Waals surface area contributed by atoms with E-state index in [0.717, 1.165) is 6.07 Å². The number of benzene rings is 1. The van der Waals surface area contributed by atoms with Crippen molar-refractivity contribution >= 4 is 12.0 Å². The molecule has 0 aliphatic carbocycles. The lowest BCUT2D eigenvalue weighted by Gasteiger charge is -2.04. The smallest absolute Gasteiger partial charge is 0.417 e. The lowest BCUT2D eigenvalue weighted by Crippen LogP contribution is -2.33. The van der Waals surface area contributed by atoms with Crippen LogP contribution in [0.15, 0.2) is 57.7 Å². The van der Waals surface area contributed by atoms with Crippen molar-refractivity contribution in [2.24, 2.45) is 0 Å². The van der Waals surface area contributed by atoms with E-state index in [9.17, 15) is 14.4 Å². The fourth-order valence-electron chi connectivity index (χ4n) is 1.29. The molecule has 1 N–H and O–H groups in total. The number of hydrogen-bond donors (Lipinski definition) is 1. The number of rotatable bonds is 2. The van der Waals surface area contributed by atoms with Gasteiger partial charge in [0.15, 0.2) is 5.76 Å². The first-order valence-electron chi connectivity index (χ1n) is 5.33. The molecule has 2 amide bonds. The third-order valence-corrected chi connectivity index (χ3v) is 2.08. The van der Waals surface area contributed by atoms with Gasteiger partial charge in [-0.15, -0.1) is 0 Å². The highest BCUT2D eigenvalue weighted by atomic mass is 16.6. The Morgan fingerprint density at radius 1 is 1.00 bits per heavy atom. The van der Waals surface area contributed by atoms with Gasteiger partial charge in [-0.25, -0.2) is 9.59 Å². The Hall–Kier alpha value is -2.89. The van der Waals surface area contributed by atoms with Crippen LogP contribution in [0.25, 0.3) is 0 Å². The minimum atomic E-state index is -0.956. The van der Waals surface area contributed by atoms with Crippen LogP contribution in [0.4, 0.5) is 4.79 Å². The van der Waals surface area contributed by atoms with Crippen molar-refractivity contribution in [2.75, 3.05) is 0 Å². The number of para-hydroxylation sites is 1. The minimum Gasteiger partial charge on any atom is -0.417 e. The first-order chi connectivity index (χ1) is 9.15. The summed E-state index contributed by atoms with van der Waals surface area (Å²) in [5.74, 6) is -0.821. The molecule has 2 aromatic rings. The molecule has 0 bridgehead atoms. The van der Waals surface area contributed by atoms with Gasteiger partial charge < -0.3 is 9.15 Å². The Labute approximate surface area is 107 Å². The summed E-state index contributed by atoms with van der Waals surface area (Å²) in [6.45, 7) is 0. The molecule has 0 aliphatic heterocycles. The Morgan fingerprint density at radius 3 is 2.42 bits per heavy atom. The van der Waals surface area contributed by atoms with Gasteiger partial charge in [0, 0.05) is 6.07 Å². The van der Waals surface area contributed by atoms with Crippen LogP contribution in [0.1, 0.15) is 10.6 Å². The molecule has 0 saturated heterocycles. The fraction of sp³-hybridized carbons (Fsp3) is 0. The molecule has 1 aromatic heterocycles. The van der Waals surface area contributed by atoms with E-state index in [4.69, 9.17) is 4.74 Å². The van der Waals surface area contributed by atoms with Crippen LogP contribution in [0.5, 0.6) is 5.75 Å². The summed E-state index contributed by atoms with van der Waals surface area (Å²) in [4.78, 5) is 33.9. The predicted octanol–water partition coefficient (Wildman–Crippen LogP) is 1.57. The molecule has 0 aliphatic rings. The molecule has 0 fully saturated rings. The third-order valence-electron chi connectivity index (χ3n) is 2.08. The second-order valence-electron chi connectivity index (χ2n) is 3.47. The van der Waals surface area contributed by atoms with E-state index in [1.165, 1.54) is 12.1 Å². The van der Waals surface area contributed by atoms with Gasteiger partial charge >= 0.3 is 11.7 Å². The second kappa shape index (κ2) is 5.63. The van der Waals surface area contributed by atoms with Gasteiger partial charge in [0.05, 0.1) is 0 Å². The molecular formula is C13H9NO5. The number of ether oxygens (including phenoxy) is 1. The van der Waals surface area contributed by atoms with Crippen molar-refractivity contribution in [1.29, 1.82) is 0 Å². The average Bonchev–Trinajstić information content (AvgIpc) is 2.39. The van der Waals surface area contributed by atoms with Gasteiger partial charge in [-0.05, 0) is 18.2 Å². The van der Waals surface area contributed by atoms with E-state index in [-0.39, 0.29) is 5.76 Å². The van der Waals surface area contributed by atoms with Crippen molar-refractivity contribution in [2.45, 2.75) is 0 Å². The second-order valence-corrected chi connectivity index (χ2v) is 3.47. The molecule has 1 aromatic carbocycles. The summed E-state index contributed by atoms with van der Waals surface area (Å²) in [7, 11) is 0. The topological polar surface area (TPSA) is 85.6 Å². The molecule has 0 spiro atoms. The molecule has 0 saturated carbocycles. The number of hydrogen-bond acceptors (Lipinski definition) is 5. The highest BCUT2D eigenvalue weighted by Gasteiger charge is 2.14. The van der Waals surface area contributed by atoms with Crippen LogP contribution in [0.3, 0.4) is 0 Å². The molecule has 6 nitrogen and oxygen atoms in total. The van der Waals surface area contributed by atoms with E-state index in [0.29, 0.717) is 5.75 Å². The average molecular weight is 259 g/mol. The molecule has 0 unspecified atom stereocenters. The summed E-state index contributed by atoms with van der Waals surface area (Å²) in [6, 6.07) is 12.0. The normalized spacial score (nSPS) is 9.68. The van der Waals surface area contributed by atoms with Crippen LogP contribution in [-0.4, -0.2) is 12.0 Å². The molecule has 19 heavy (non-hydrogen) atoms. The predicted molar refractivity (Wildman–Crippen MR) is 64.9 cm³/mol. The van der Waals surface area contributed by atoms with Gasteiger partial charge in [-0.2, -0.15) is 0 Å². The summed E-state index contributed by atoms with van der Waals surface area (Å²) in [5, 5.41) is 1.94. The lowest BCUT2D eigenvalue weighted by molar-refractivity contribution is 0.0919. The van der Waals surface area contributed by atoms with Crippen molar-refractivity contribution in [3.05, 3.63) is 64.7 Å². The maximum absolute atomic E-state index is 11.6. The van der Waals surface area contributed by atoms with E-state index >= 15 is 0 Å². The van der Waals surface area contributed by atoms with Gasteiger partial charge in [-0.1, -0.05) is 24.3 Å². The quantitative estimate of drug-likeness (QED) is 0.884. The Bertz CT molecular complexity index is 647. The molecule has 0 radical (unpaired) electrons. The van der Waals surface area contributed by atoms with Crippen LogP contribution >= 0.6 is 0 Å². The Balaban J connectivity index is 2.00. The highest BCUT2D eigenvalue weighted by Crippen LogP contribution is 2.08. The van der Waals surface area contributed by atoms with Crippen LogP contribution in [-0.2, 0) is 0 Å². The standard InChI is InChI=1S/C13H9NO5/c15-11-8-4-7-10(19-11)12(16)14-13(17)18-9-5-2-1-3-6-9/h1-8H,(H,14,16,17). The van der Waals surface area contributed by atoms with Crippen molar-refractivity contribution < 1.29 is 18.7 Å². The monoisotopic (exact) mass is 259 g/mol. The Morgan fingerprint density at radius 2 is 1.74 bits per heavy atom. The van der Waals surface area contributed by atoms with Gasteiger partial charge in [0.25, 0.3) is 5.91 Å². The summed E-state index contributed by atoms with van der Waals surface area (Å²) in [6.07, 6.45) is -0.956. The molecule has 1 heterocycles. The van der Waals surface area contributed by atoms with Gasteiger partial charge in [0.2, 0.25) is 0 Å². The van der Waals surface area contributed by atoms with Crippen molar-refractivity contribution in [3.63, 3.8) is 0 Å². The molecule has 0 atom stereocenters. The van der Waals surface area contributed by atoms with Crippen molar-refractivity contribution in [3.8, 4) is 5.75 Å². The zero-order valence-corrected chi connectivity index (χ0v) is 9.66. The van der Waals surface area contributed by atoms with E-state index in [1.807, 2.05) is 5.32 Å². The molecular weight excluding hydrogens is 250 g/mol. The Kier molecular flexibility index (Phi) is 3.72. The van der Waals surface area contributed by atoms with Gasteiger partial charge in [-0.3, -0.25) is 10.1 Å². The first kappa shape index (κ1) is 12.6. The van der Waals surface area contributed by atoms with Crippen LogP contribution in [0.2, 0.25) is 0 Å². The van der Waals surface area contributed by atoms with Crippen LogP contribution in [0, 0.1) is 0 Å². The zero-order valence-electron chi connectivity index (χ0n) is 9.66. The summed E-state index contributed by atoms with van der Waals surface area (Å²) >= 11 is 0. The fourth-order valence-corrected chi connectivity index (χ4v) is 1.29. The zero-order chi connectivity index (χ0) is 13.7. The first-order valence-corrected chi connectivity index (χ1v) is 5.33. The lowest BCUT2D eigenvalue weighted by atomic mass is 10.3. The maximum atomic E-state index is 11.6. The van der Waals surface area contributed by atoms with E-state index in [2.05, 4.69) is 4.42 Å². The van der Waals surface area contributed by atoms with E-state index < -0.39 is 17.6 Å². The SMILES string of the molecule is O=C(NC(=O)c1cccc(=O)o1)Oc1ccccc1. The summed E-state index contributed by atoms with van der Waals surface area (Å²) < 4.78 is 9.46. The highest BCUT2D eigenvalue weighted by molar-refractivity contribution is 6.01. The van der Waals surface area contributed by atoms with E-state index in [1.54, 1.807) is 30.3 Å². The maximum Gasteiger partial charge on any atom is 0.419 e. The van der Waals surface area contributed by atoms with Crippen LogP contribution < -0.4 is 15.7 Å². The largest absolute Gasteiger partial charge is 0.419 e. The number of imide groups is 1. The molecule has 96 valence electrons. The number of nitrogens with one attached hydrogen (secondary N) is 1. The minimum absolute atomic E-state index is 0.266. The molecule has 2 rings (SSSR count). The van der Waals surface area contributed by atoms with Crippen molar-refractivity contribution in [1.82, 2.24) is 5.32 Å². The molecule has 6 heteroatoms.